The minimum atomic E-state index is -0.196. The van der Waals surface area contributed by atoms with Crippen molar-refractivity contribution < 1.29 is 9.53 Å². The van der Waals surface area contributed by atoms with Gasteiger partial charge in [0, 0.05) is 5.56 Å². The lowest BCUT2D eigenvalue weighted by Crippen LogP contribution is -2.12. The number of para-hydroxylation sites is 2. The summed E-state index contributed by atoms with van der Waals surface area (Å²) in [5, 5.41) is 2.78. The van der Waals surface area contributed by atoms with Crippen LogP contribution >= 0.6 is 0 Å². The molecule has 0 bridgehead atoms. The molecule has 5 nitrogen and oxygen atoms in total. The highest BCUT2D eigenvalue weighted by Gasteiger charge is 2.21. The molecule has 1 saturated carbocycles. The van der Waals surface area contributed by atoms with E-state index >= 15 is 0 Å². The van der Waals surface area contributed by atoms with Crippen molar-refractivity contribution in [2.75, 3.05) is 11.9 Å². The molecule has 2 aromatic carbocycles. The van der Waals surface area contributed by atoms with Gasteiger partial charge in [-0.1, -0.05) is 12.1 Å². The summed E-state index contributed by atoms with van der Waals surface area (Å²) in [6.07, 6.45) is 2.52. The first kappa shape index (κ1) is 13.8. The molecule has 0 spiro atoms. The molecule has 23 heavy (non-hydrogen) atoms. The number of H-pyrrole nitrogens is 1. The van der Waals surface area contributed by atoms with Crippen LogP contribution in [0.5, 0.6) is 5.75 Å². The first-order valence-electron chi connectivity index (χ1n) is 7.77. The van der Waals surface area contributed by atoms with Crippen LogP contribution in [-0.4, -0.2) is 22.5 Å². The molecule has 1 aliphatic rings. The second-order valence-electron chi connectivity index (χ2n) is 5.84. The molecule has 2 N–H and O–H groups in total. The van der Waals surface area contributed by atoms with Gasteiger partial charge in [0.25, 0.3) is 5.91 Å². The van der Waals surface area contributed by atoms with Crippen LogP contribution in [-0.2, 0) is 0 Å². The molecule has 1 amide bonds. The van der Waals surface area contributed by atoms with Crippen molar-refractivity contribution in [2.24, 2.45) is 5.92 Å². The van der Waals surface area contributed by atoms with E-state index < -0.39 is 0 Å². The van der Waals surface area contributed by atoms with Gasteiger partial charge in [0.05, 0.1) is 17.6 Å². The van der Waals surface area contributed by atoms with Crippen molar-refractivity contribution >= 4 is 22.9 Å². The number of rotatable bonds is 5. The highest BCUT2D eigenvalue weighted by molar-refractivity contribution is 6.04. The lowest BCUT2D eigenvalue weighted by molar-refractivity contribution is 0.102. The fourth-order valence-corrected chi connectivity index (χ4v) is 2.39. The number of benzene rings is 2. The van der Waals surface area contributed by atoms with Crippen molar-refractivity contribution in [1.82, 2.24) is 9.97 Å². The molecule has 1 fully saturated rings. The fraction of sp³-hybridized carbons (Fsp3) is 0.222. The molecule has 1 heterocycles. The molecular formula is C18H17N3O2. The van der Waals surface area contributed by atoms with E-state index in [1.807, 2.05) is 36.4 Å². The van der Waals surface area contributed by atoms with Crippen LogP contribution in [0.1, 0.15) is 23.2 Å². The molecule has 4 rings (SSSR count). The Morgan fingerprint density at radius 2 is 1.96 bits per heavy atom. The SMILES string of the molecule is O=C(Nc1nc2ccccc2[nH]1)c1ccc(OCC2CC2)cc1. The normalized spacial score (nSPS) is 13.9. The Morgan fingerprint density at radius 3 is 2.70 bits per heavy atom. The minimum Gasteiger partial charge on any atom is -0.493 e. The van der Waals surface area contributed by atoms with Gasteiger partial charge in [-0.3, -0.25) is 10.1 Å². The van der Waals surface area contributed by atoms with E-state index in [1.54, 1.807) is 12.1 Å². The van der Waals surface area contributed by atoms with Crippen LogP contribution < -0.4 is 10.1 Å². The highest BCUT2D eigenvalue weighted by Crippen LogP contribution is 2.29. The van der Waals surface area contributed by atoms with Gasteiger partial charge in [-0.25, -0.2) is 4.98 Å². The fourth-order valence-electron chi connectivity index (χ4n) is 2.39. The molecule has 3 aromatic rings. The van der Waals surface area contributed by atoms with Crippen molar-refractivity contribution in [1.29, 1.82) is 0 Å². The minimum absolute atomic E-state index is 0.196. The highest BCUT2D eigenvalue weighted by atomic mass is 16.5. The zero-order valence-corrected chi connectivity index (χ0v) is 12.6. The molecule has 116 valence electrons. The largest absolute Gasteiger partial charge is 0.493 e. The van der Waals surface area contributed by atoms with E-state index in [0.29, 0.717) is 17.4 Å². The van der Waals surface area contributed by atoms with Crippen LogP contribution in [0.3, 0.4) is 0 Å². The van der Waals surface area contributed by atoms with Gasteiger partial charge < -0.3 is 9.72 Å². The number of imidazole rings is 1. The first-order chi connectivity index (χ1) is 11.3. The number of fused-ring (bicyclic) bond motifs is 1. The van der Waals surface area contributed by atoms with E-state index in [1.165, 1.54) is 12.8 Å². The van der Waals surface area contributed by atoms with E-state index in [2.05, 4.69) is 15.3 Å². The molecule has 0 saturated heterocycles. The summed E-state index contributed by atoms with van der Waals surface area (Å²) in [6.45, 7) is 0.768. The lowest BCUT2D eigenvalue weighted by atomic mass is 10.2. The maximum atomic E-state index is 12.3. The molecule has 0 radical (unpaired) electrons. The Morgan fingerprint density at radius 1 is 1.17 bits per heavy atom. The van der Waals surface area contributed by atoms with Crippen LogP contribution in [0.15, 0.2) is 48.5 Å². The monoisotopic (exact) mass is 307 g/mol. The van der Waals surface area contributed by atoms with E-state index in [-0.39, 0.29) is 5.91 Å². The number of hydrogen-bond acceptors (Lipinski definition) is 3. The Balaban J connectivity index is 1.43. The number of hydrogen-bond donors (Lipinski definition) is 2. The van der Waals surface area contributed by atoms with Gasteiger partial charge in [0.2, 0.25) is 5.95 Å². The number of amides is 1. The van der Waals surface area contributed by atoms with Crippen LogP contribution in [0, 0.1) is 5.92 Å². The summed E-state index contributed by atoms with van der Waals surface area (Å²) in [5.74, 6) is 1.77. The topological polar surface area (TPSA) is 67.0 Å². The maximum absolute atomic E-state index is 12.3. The predicted octanol–water partition coefficient (Wildman–Crippen LogP) is 3.60. The standard InChI is InChI=1S/C18H17N3O2/c22-17(21-18-19-15-3-1-2-4-16(15)20-18)13-7-9-14(10-8-13)23-11-12-5-6-12/h1-4,7-10,12H,5-6,11H2,(H2,19,20,21,22). The molecule has 0 unspecified atom stereocenters. The number of aromatic nitrogens is 2. The van der Waals surface area contributed by atoms with Crippen molar-refractivity contribution in [3.05, 3.63) is 54.1 Å². The predicted molar refractivity (Wildman–Crippen MR) is 88.7 cm³/mol. The number of nitrogens with one attached hydrogen (secondary N) is 2. The Hall–Kier alpha value is -2.82. The number of nitrogens with zero attached hydrogens (tertiary/aromatic N) is 1. The van der Waals surface area contributed by atoms with Gasteiger partial charge in [-0.05, 0) is 55.2 Å². The van der Waals surface area contributed by atoms with Crippen LogP contribution in [0.2, 0.25) is 0 Å². The molecule has 5 heteroatoms. The third kappa shape index (κ3) is 3.18. The summed E-state index contributed by atoms with van der Waals surface area (Å²) in [5.41, 5.74) is 2.29. The van der Waals surface area contributed by atoms with Gasteiger partial charge >= 0.3 is 0 Å². The van der Waals surface area contributed by atoms with Gasteiger partial charge in [0.1, 0.15) is 5.75 Å². The Labute approximate surface area is 133 Å². The van der Waals surface area contributed by atoms with Crippen LogP contribution in [0.25, 0.3) is 11.0 Å². The zero-order valence-electron chi connectivity index (χ0n) is 12.6. The summed E-state index contributed by atoms with van der Waals surface area (Å²) in [4.78, 5) is 19.7. The molecule has 1 aromatic heterocycles. The third-order valence-electron chi connectivity index (χ3n) is 3.92. The van der Waals surface area contributed by atoms with Gasteiger partial charge in [-0.2, -0.15) is 0 Å². The Kier molecular flexibility index (Phi) is 3.46. The summed E-state index contributed by atoms with van der Waals surface area (Å²) < 4.78 is 5.67. The smallest absolute Gasteiger partial charge is 0.257 e. The quantitative estimate of drug-likeness (QED) is 0.756. The summed E-state index contributed by atoms with van der Waals surface area (Å²) in [6, 6.07) is 14.8. The van der Waals surface area contributed by atoms with Gasteiger partial charge in [0.15, 0.2) is 0 Å². The molecular weight excluding hydrogens is 290 g/mol. The Bertz CT molecular complexity index is 802. The van der Waals surface area contributed by atoms with Gasteiger partial charge in [-0.15, -0.1) is 0 Å². The van der Waals surface area contributed by atoms with E-state index in [9.17, 15) is 4.79 Å². The van der Waals surface area contributed by atoms with Crippen molar-refractivity contribution in [3.63, 3.8) is 0 Å². The summed E-state index contributed by atoms with van der Waals surface area (Å²) >= 11 is 0. The summed E-state index contributed by atoms with van der Waals surface area (Å²) in [7, 11) is 0. The molecule has 0 aliphatic heterocycles. The number of anilines is 1. The van der Waals surface area contributed by atoms with E-state index in [0.717, 1.165) is 23.4 Å². The second kappa shape index (κ2) is 5.76. The van der Waals surface area contributed by atoms with Crippen LogP contribution in [0.4, 0.5) is 5.95 Å². The molecule has 0 atom stereocenters. The number of aromatic amines is 1. The van der Waals surface area contributed by atoms with Crippen molar-refractivity contribution in [3.8, 4) is 5.75 Å². The van der Waals surface area contributed by atoms with E-state index in [4.69, 9.17) is 4.74 Å². The molecule has 1 aliphatic carbocycles. The lowest BCUT2D eigenvalue weighted by Gasteiger charge is -2.06. The average Bonchev–Trinajstić information content (AvgIpc) is 3.31. The second-order valence-corrected chi connectivity index (χ2v) is 5.84. The number of carbonyl (C=O) groups excluding carboxylic acids is 1. The number of ether oxygens (including phenoxy) is 1. The first-order valence-corrected chi connectivity index (χ1v) is 7.77. The van der Waals surface area contributed by atoms with Crippen molar-refractivity contribution in [2.45, 2.75) is 12.8 Å². The number of carbonyl (C=O) groups is 1. The third-order valence-corrected chi connectivity index (χ3v) is 3.92. The average molecular weight is 307 g/mol. The zero-order chi connectivity index (χ0) is 15.6. The maximum Gasteiger partial charge on any atom is 0.257 e.